The first-order valence-electron chi connectivity index (χ1n) is 12.4. The first kappa shape index (κ1) is 22.9. The Kier molecular flexibility index (Phi) is 6.29. The van der Waals surface area contributed by atoms with E-state index in [9.17, 15) is 4.79 Å². The van der Waals surface area contributed by atoms with Gasteiger partial charge in [0.1, 0.15) is 5.82 Å². The van der Waals surface area contributed by atoms with Crippen LogP contribution in [0.25, 0.3) is 22.4 Å². The zero-order valence-corrected chi connectivity index (χ0v) is 20.6. The molecule has 0 spiro atoms. The van der Waals surface area contributed by atoms with E-state index >= 15 is 0 Å². The lowest BCUT2D eigenvalue weighted by Crippen LogP contribution is -2.39. The van der Waals surface area contributed by atoms with Crippen LogP contribution < -0.4 is 4.90 Å². The quantitative estimate of drug-likeness (QED) is 0.410. The topological polar surface area (TPSA) is 76.4 Å². The molecule has 9 heteroatoms. The van der Waals surface area contributed by atoms with Crippen molar-refractivity contribution in [2.75, 3.05) is 44.3 Å². The molecule has 2 saturated heterocycles. The highest BCUT2D eigenvalue weighted by Gasteiger charge is 2.28. The van der Waals surface area contributed by atoms with Crippen LogP contribution >= 0.6 is 11.6 Å². The van der Waals surface area contributed by atoms with E-state index in [0.29, 0.717) is 42.7 Å². The van der Waals surface area contributed by atoms with Crippen molar-refractivity contribution in [1.29, 1.82) is 0 Å². The normalized spacial score (nSPS) is 17.0. The van der Waals surface area contributed by atoms with Gasteiger partial charge in [-0.05, 0) is 25.0 Å². The first-order chi connectivity index (χ1) is 17.7. The summed E-state index contributed by atoms with van der Waals surface area (Å²) in [6, 6.07) is 17.4. The highest BCUT2D eigenvalue weighted by atomic mass is 35.5. The Labute approximate surface area is 214 Å². The number of amides is 1. The van der Waals surface area contributed by atoms with Gasteiger partial charge in [-0.15, -0.1) is 0 Å². The number of ether oxygens (including phenoxy) is 1. The van der Waals surface area contributed by atoms with Crippen molar-refractivity contribution in [3.8, 4) is 11.4 Å². The fourth-order valence-electron chi connectivity index (χ4n) is 5.03. The molecular weight excluding hydrogens is 476 g/mol. The van der Waals surface area contributed by atoms with Crippen LogP contribution in [0.1, 0.15) is 29.2 Å². The van der Waals surface area contributed by atoms with Crippen molar-refractivity contribution in [3.63, 3.8) is 0 Å². The van der Waals surface area contributed by atoms with E-state index < -0.39 is 0 Å². The van der Waals surface area contributed by atoms with E-state index in [2.05, 4.69) is 4.90 Å². The first-order valence-corrected chi connectivity index (χ1v) is 12.7. The van der Waals surface area contributed by atoms with Crippen molar-refractivity contribution >= 4 is 34.4 Å². The molecule has 0 N–H and O–H groups in total. The Bertz CT molecular complexity index is 1380. The fourth-order valence-corrected chi connectivity index (χ4v) is 5.25. The molecular formula is C27H27ClN6O2. The highest BCUT2D eigenvalue weighted by molar-refractivity contribution is 6.33. The highest BCUT2D eigenvalue weighted by Crippen LogP contribution is 2.32. The molecule has 1 amide bonds. The number of halogens is 1. The van der Waals surface area contributed by atoms with Crippen LogP contribution in [0.5, 0.6) is 0 Å². The summed E-state index contributed by atoms with van der Waals surface area (Å²) in [5.41, 5.74) is 2.36. The molecule has 6 rings (SSSR count). The van der Waals surface area contributed by atoms with Crippen LogP contribution in [0.2, 0.25) is 5.02 Å². The lowest BCUT2D eigenvalue weighted by molar-refractivity contribution is 0.0691. The summed E-state index contributed by atoms with van der Waals surface area (Å²) >= 11 is 6.27. The minimum atomic E-state index is -0.0207. The summed E-state index contributed by atoms with van der Waals surface area (Å²) in [5.74, 6) is 1.57. The van der Waals surface area contributed by atoms with Crippen LogP contribution in [0.15, 0.2) is 60.8 Å². The van der Waals surface area contributed by atoms with Gasteiger partial charge < -0.3 is 14.5 Å². The molecule has 8 nitrogen and oxygen atoms in total. The molecule has 0 saturated carbocycles. The van der Waals surface area contributed by atoms with E-state index in [1.54, 1.807) is 12.1 Å². The zero-order valence-electron chi connectivity index (χ0n) is 19.9. The van der Waals surface area contributed by atoms with Gasteiger partial charge in [0.05, 0.1) is 41.4 Å². The molecule has 2 aromatic heterocycles. The number of benzene rings is 2. The fraction of sp³-hybridized carbons (Fsp3) is 0.333. The van der Waals surface area contributed by atoms with Crippen LogP contribution in [0, 0.1) is 0 Å². The third-order valence-corrected chi connectivity index (χ3v) is 7.31. The minimum absolute atomic E-state index is 0.0207. The molecule has 0 bridgehead atoms. The Morgan fingerprint density at radius 3 is 2.39 bits per heavy atom. The number of likely N-dealkylation sites (tertiary alicyclic amines) is 1. The third kappa shape index (κ3) is 4.31. The summed E-state index contributed by atoms with van der Waals surface area (Å²) in [6.07, 6.45) is 3.48. The zero-order chi connectivity index (χ0) is 24.5. The number of hydrogen-bond donors (Lipinski definition) is 0. The molecule has 4 aromatic rings. The Hall–Kier alpha value is -3.49. The third-order valence-electron chi connectivity index (χ3n) is 6.98. The summed E-state index contributed by atoms with van der Waals surface area (Å²) in [6.45, 7) is 4.21. The summed E-state index contributed by atoms with van der Waals surface area (Å²) < 4.78 is 7.60. The largest absolute Gasteiger partial charge is 0.378 e. The smallest absolute Gasteiger partial charge is 0.255 e. The molecule has 0 aliphatic carbocycles. The monoisotopic (exact) mass is 502 g/mol. The standard InChI is InChI=1S/C27H27ClN6O2/c28-23-9-5-4-8-21(23)27(35)33-12-10-20(11-13-33)34-26-22(18-29-34)25(32-14-16-36-17-15-32)30-24(31-26)19-6-2-1-3-7-19/h1-9,18,20H,10-17H2. The number of rotatable bonds is 4. The van der Waals surface area contributed by atoms with Gasteiger partial charge in [0.2, 0.25) is 0 Å². The van der Waals surface area contributed by atoms with Crippen LogP contribution in [-0.4, -0.2) is 69.9 Å². The molecule has 0 atom stereocenters. The molecule has 2 aromatic carbocycles. The molecule has 2 aliphatic heterocycles. The number of piperidine rings is 1. The Balaban J connectivity index is 1.31. The maximum atomic E-state index is 13.0. The molecule has 2 aliphatic rings. The Morgan fingerprint density at radius 1 is 0.917 bits per heavy atom. The molecule has 36 heavy (non-hydrogen) atoms. The number of hydrogen-bond acceptors (Lipinski definition) is 6. The van der Waals surface area contributed by atoms with Crippen molar-refractivity contribution in [2.45, 2.75) is 18.9 Å². The van der Waals surface area contributed by atoms with E-state index in [1.165, 1.54) is 0 Å². The average molecular weight is 503 g/mol. The molecule has 0 radical (unpaired) electrons. The van der Waals surface area contributed by atoms with E-state index in [4.69, 9.17) is 31.4 Å². The molecule has 184 valence electrons. The number of morpholine rings is 1. The minimum Gasteiger partial charge on any atom is -0.378 e. The lowest BCUT2D eigenvalue weighted by atomic mass is 10.0. The predicted molar refractivity (Wildman–Crippen MR) is 139 cm³/mol. The number of carbonyl (C=O) groups excluding carboxylic acids is 1. The van der Waals surface area contributed by atoms with Gasteiger partial charge in [0, 0.05) is 31.7 Å². The summed E-state index contributed by atoms with van der Waals surface area (Å²) in [4.78, 5) is 27.1. The van der Waals surface area contributed by atoms with E-state index in [1.807, 2.05) is 58.2 Å². The van der Waals surface area contributed by atoms with Gasteiger partial charge >= 0.3 is 0 Å². The van der Waals surface area contributed by atoms with Crippen molar-refractivity contribution in [2.24, 2.45) is 0 Å². The van der Waals surface area contributed by atoms with E-state index in [0.717, 1.165) is 48.3 Å². The maximum absolute atomic E-state index is 13.0. The van der Waals surface area contributed by atoms with Crippen molar-refractivity contribution in [3.05, 3.63) is 71.4 Å². The van der Waals surface area contributed by atoms with Gasteiger partial charge in [-0.25, -0.2) is 14.6 Å². The van der Waals surface area contributed by atoms with Gasteiger partial charge in [0.25, 0.3) is 5.91 Å². The van der Waals surface area contributed by atoms with Gasteiger partial charge in [-0.1, -0.05) is 54.1 Å². The van der Waals surface area contributed by atoms with Crippen molar-refractivity contribution < 1.29 is 9.53 Å². The molecule has 0 unspecified atom stereocenters. The maximum Gasteiger partial charge on any atom is 0.255 e. The number of fused-ring (bicyclic) bond motifs is 1. The second-order valence-electron chi connectivity index (χ2n) is 9.17. The molecule has 2 fully saturated rings. The number of anilines is 1. The van der Waals surface area contributed by atoms with Gasteiger partial charge in [0.15, 0.2) is 11.5 Å². The van der Waals surface area contributed by atoms with E-state index in [-0.39, 0.29) is 11.9 Å². The number of carbonyl (C=O) groups is 1. The van der Waals surface area contributed by atoms with Gasteiger partial charge in [-0.3, -0.25) is 4.79 Å². The van der Waals surface area contributed by atoms with Crippen molar-refractivity contribution in [1.82, 2.24) is 24.6 Å². The SMILES string of the molecule is O=C(c1ccccc1Cl)N1CCC(n2ncc3c(N4CCOCC4)nc(-c4ccccc4)nc32)CC1. The summed E-state index contributed by atoms with van der Waals surface area (Å²) in [5, 5.41) is 6.22. The summed E-state index contributed by atoms with van der Waals surface area (Å²) in [7, 11) is 0. The average Bonchev–Trinajstić information content (AvgIpc) is 3.38. The molecule has 4 heterocycles. The second-order valence-corrected chi connectivity index (χ2v) is 9.57. The van der Waals surface area contributed by atoms with Crippen LogP contribution in [-0.2, 0) is 4.74 Å². The van der Waals surface area contributed by atoms with Crippen LogP contribution in [0.3, 0.4) is 0 Å². The predicted octanol–water partition coefficient (Wildman–Crippen LogP) is 4.46. The number of aromatic nitrogens is 4. The van der Waals surface area contributed by atoms with Gasteiger partial charge in [-0.2, -0.15) is 5.10 Å². The Morgan fingerprint density at radius 2 is 1.64 bits per heavy atom. The van der Waals surface area contributed by atoms with Crippen LogP contribution in [0.4, 0.5) is 5.82 Å². The lowest BCUT2D eigenvalue weighted by Gasteiger charge is -2.32. The second kappa shape index (κ2) is 9.87. The number of nitrogens with zero attached hydrogens (tertiary/aromatic N) is 6.